The van der Waals surface area contributed by atoms with Gasteiger partial charge < -0.3 is 11.1 Å². The molecule has 3 rings (SSSR count). The molecule has 4 heteroatoms. The number of benzene rings is 1. The van der Waals surface area contributed by atoms with Crippen LogP contribution in [0.2, 0.25) is 0 Å². The first kappa shape index (κ1) is 12.7. The minimum atomic E-state index is -0.180. The van der Waals surface area contributed by atoms with Crippen LogP contribution in [0.3, 0.4) is 0 Å². The number of nitrogen functional groups attached to an aromatic ring is 1. The van der Waals surface area contributed by atoms with Gasteiger partial charge in [-0.3, -0.25) is 9.78 Å². The fraction of sp³-hybridized carbons (Fsp3) is 0.250. The number of aryl methyl sites for hydroxylation is 2. The van der Waals surface area contributed by atoms with Crippen LogP contribution in [0.15, 0.2) is 36.7 Å². The molecule has 0 aliphatic heterocycles. The maximum atomic E-state index is 12.1. The lowest BCUT2D eigenvalue weighted by molar-refractivity contribution is 0.102. The second-order valence-electron chi connectivity index (χ2n) is 5.11. The quantitative estimate of drug-likeness (QED) is 0.822. The molecule has 1 aromatic heterocycles. The zero-order valence-corrected chi connectivity index (χ0v) is 11.2. The Hall–Kier alpha value is -2.36. The van der Waals surface area contributed by atoms with Gasteiger partial charge in [-0.05, 0) is 61.1 Å². The Morgan fingerprint density at radius 2 is 1.95 bits per heavy atom. The van der Waals surface area contributed by atoms with Gasteiger partial charge in [0.1, 0.15) is 0 Å². The molecule has 0 radical (unpaired) electrons. The maximum Gasteiger partial charge on any atom is 0.257 e. The van der Waals surface area contributed by atoms with E-state index in [0.717, 1.165) is 12.8 Å². The first-order chi connectivity index (χ1) is 9.74. The van der Waals surface area contributed by atoms with Gasteiger partial charge in [0.25, 0.3) is 5.91 Å². The van der Waals surface area contributed by atoms with E-state index in [1.807, 2.05) is 12.1 Å². The molecule has 0 atom stereocenters. The average Bonchev–Trinajstić information content (AvgIpc) is 2.49. The van der Waals surface area contributed by atoms with Crippen LogP contribution in [0, 0.1) is 0 Å². The van der Waals surface area contributed by atoms with Crippen LogP contribution >= 0.6 is 0 Å². The number of nitrogens with two attached hydrogens (primary N) is 1. The summed E-state index contributed by atoms with van der Waals surface area (Å²) < 4.78 is 0. The summed E-state index contributed by atoms with van der Waals surface area (Å²) in [6, 6.07) is 7.48. The van der Waals surface area contributed by atoms with Crippen molar-refractivity contribution in [3.63, 3.8) is 0 Å². The Morgan fingerprint density at radius 1 is 1.20 bits per heavy atom. The molecule has 3 N–H and O–H groups in total. The van der Waals surface area contributed by atoms with Crippen molar-refractivity contribution < 1.29 is 4.79 Å². The van der Waals surface area contributed by atoms with Crippen LogP contribution in [-0.4, -0.2) is 10.9 Å². The lowest BCUT2D eigenvalue weighted by Crippen LogP contribution is -2.14. The number of nitrogens with zero attached hydrogens (tertiary/aromatic N) is 1. The third-order valence-corrected chi connectivity index (χ3v) is 3.69. The van der Waals surface area contributed by atoms with E-state index in [2.05, 4.69) is 10.3 Å². The highest BCUT2D eigenvalue weighted by molar-refractivity contribution is 6.05. The topological polar surface area (TPSA) is 68.0 Å². The Balaban J connectivity index is 1.86. The predicted octanol–water partition coefficient (Wildman–Crippen LogP) is 2.79. The standard InChI is InChI=1S/C16H17N3O/c17-14-8-11-4-1-2-5-12(11)9-15(14)19-16(20)13-6-3-7-18-10-13/h3,6-10H,1-2,4-5,17H2,(H,19,20). The number of amides is 1. The summed E-state index contributed by atoms with van der Waals surface area (Å²) in [6.07, 6.45) is 7.75. The van der Waals surface area contributed by atoms with E-state index in [1.54, 1.807) is 24.5 Å². The fourth-order valence-corrected chi connectivity index (χ4v) is 2.60. The average molecular weight is 267 g/mol. The smallest absolute Gasteiger partial charge is 0.257 e. The summed E-state index contributed by atoms with van der Waals surface area (Å²) in [5.41, 5.74) is 10.5. The van der Waals surface area contributed by atoms with Crippen LogP contribution < -0.4 is 11.1 Å². The third-order valence-electron chi connectivity index (χ3n) is 3.69. The molecule has 0 saturated heterocycles. The number of hydrogen-bond acceptors (Lipinski definition) is 3. The first-order valence-electron chi connectivity index (χ1n) is 6.87. The Kier molecular flexibility index (Phi) is 3.37. The number of rotatable bonds is 2. The van der Waals surface area contributed by atoms with Gasteiger partial charge in [-0.25, -0.2) is 0 Å². The summed E-state index contributed by atoms with van der Waals surface area (Å²) in [5.74, 6) is -0.180. The Labute approximate surface area is 118 Å². The molecular formula is C16H17N3O. The van der Waals surface area contributed by atoms with Gasteiger partial charge >= 0.3 is 0 Å². The molecular weight excluding hydrogens is 250 g/mol. The number of hydrogen-bond donors (Lipinski definition) is 2. The van der Waals surface area contributed by atoms with Crippen molar-refractivity contribution in [3.05, 3.63) is 53.3 Å². The molecule has 1 amide bonds. The first-order valence-corrected chi connectivity index (χ1v) is 6.87. The molecule has 0 bridgehead atoms. The van der Waals surface area contributed by atoms with Gasteiger partial charge in [-0.1, -0.05) is 0 Å². The molecule has 4 nitrogen and oxygen atoms in total. The fourth-order valence-electron chi connectivity index (χ4n) is 2.60. The third kappa shape index (κ3) is 2.50. The lowest BCUT2D eigenvalue weighted by Gasteiger charge is -2.18. The van der Waals surface area contributed by atoms with Crippen molar-refractivity contribution in [1.82, 2.24) is 4.98 Å². The molecule has 1 aliphatic rings. The summed E-state index contributed by atoms with van der Waals surface area (Å²) >= 11 is 0. The van der Waals surface area contributed by atoms with Crippen molar-refractivity contribution in [3.8, 4) is 0 Å². The van der Waals surface area contributed by atoms with Crippen molar-refractivity contribution in [2.75, 3.05) is 11.1 Å². The van der Waals surface area contributed by atoms with Gasteiger partial charge in [0.15, 0.2) is 0 Å². The molecule has 2 aromatic rings. The SMILES string of the molecule is Nc1cc2c(cc1NC(=O)c1cccnc1)CCCC2. The van der Waals surface area contributed by atoms with Gasteiger partial charge in [-0.15, -0.1) is 0 Å². The van der Waals surface area contributed by atoms with E-state index >= 15 is 0 Å². The van der Waals surface area contributed by atoms with Crippen LogP contribution in [0.1, 0.15) is 34.3 Å². The van der Waals surface area contributed by atoms with E-state index < -0.39 is 0 Å². The van der Waals surface area contributed by atoms with Gasteiger partial charge in [0, 0.05) is 12.4 Å². The van der Waals surface area contributed by atoms with E-state index in [-0.39, 0.29) is 5.91 Å². The van der Waals surface area contributed by atoms with Crippen molar-refractivity contribution in [2.45, 2.75) is 25.7 Å². The van der Waals surface area contributed by atoms with Crippen LogP contribution in [0.25, 0.3) is 0 Å². The molecule has 1 heterocycles. The summed E-state index contributed by atoms with van der Waals surface area (Å²) in [4.78, 5) is 16.1. The van der Waals surface area contributed by atoms with Gasteiger partial charge in [0.2, 0.25) is 0 Å². The zero-order chi connectivity index (χ0) is 13.9. The molecule has 1 aliphatic carbocycles. The number of aromatic nitrogens is 1. The molecule has 0 spiro atoms. The summed E-state index contributed by atoms with van der Waals surface area (Å²) in [6.45, 7) is 0. The van der Waals surface area contributed by atoms with Crippen LogP contribution in [0.5, 0.6) is 0 Å². The second kappa shape index (κ2) is 5.33. The van der Waals surface area contributed by atoms with Crippen molar-refractivity contribution >= 4 is 17.3 Å². The number of carbonyl (C=O) groups excluding carboxylic acids is 1. The van der Waals surface area contributed by atoms with Gasteiger partial charge in [-0.2, -0.15) is 0 Å². The minimum absolute atomic E-state index is 0.180. The summed E-state index contributed by atoms with van der Waals surface area (Å²) in [7, 11) is 0. The van der Waals surface area contributed by atoms with Crippen LogP contribution in [-0.2, 0) is 12.8 Å². The molecule has 0 unspecified atom stereocenters. The zero-order valence-electron chi connectivity index (χ0n) is 11.2. The number of carbonyl (C=O) groups is 1. The highest BCUT2D eigenvalue weighted by atomic mass is 16.1. The van der Waals surface area contributed by atoms with Crippen molar-refractivity contribution in [2.24, 2.45) is 0 Å². The van der Waals surface area contributed by atoms with E-state index in [4.69, 9.17) is 5.73 Å². The minimum Gasteiger partial charge on any atom is -0.397 e. The normalized spacial score (nSPS) is 13.6. The number of nitrogens with one attached hydrogen (secondary N) is 1. The Morgan fingerprint density at radius 3 is 2.65 bits per heavy atom. The number of pyridine rings is 1. The molecule has 20 heavy (non-hydrogen) atoms. The van der Waals surface area contributed by atoms with E-state index in [0.29, 0.717) is 16.9 Å². The molecule has 0 fully saturated rings. The number of anilines is 2. The maximum absolute atomic E-state index is 12.1. The predicted molar refractivity (Wildman–Crippen MR) is 79.7 cm³/mol. The monoisotopic (exact) mass is 267 g/mol. The summed E-state index contributed by atoms with van der Waals surface area (Å²) in [5, 5.41) is 2.87. The van der Waals surface area contributed by atoms with Crippen LogP contribution in [0.4, 0.5) is 11.4 Å². The largest absolute Gasteiger partial charge is 0.397 e. The lowest BCUT2D eigenvalue weighted by atomic mass is 9.91. The number of fused-ring (bicyclic) bond motifs is 1. The molecule has 1 aromatic carbocycles. The Bertz CT molecular complexity index is 638. The van der Waals surface area contributed by atoms with Gasteiger partial charge in [0.05, 0.1) is 16.9 Å². The highest BCUT2D eigenvalue weighted by Gasteiger charge is 2.14. The van der Waals surface area contributed by atoms with E-state index in [1.165, 1.54) is 24.0 Å². The molecule has 0 saturated carbocycles. The highest BCUT2D eigenvalue weighted by Crippen LogP contribution is 2.29. The second-order valence-corrected chi connectivity index (χ2v) is 5.11. The van der Waals surface area contributed by atoms with E-state index in [9.17, 15) is 4.79 Å². The molecule has 102 valence electrons. The van der Waals surface area contributed by atoms with Crippen molar-refractivity contribution in [1.29, 1.82) is 0 Å².